The van der Waals surface area contributed by atoms with E-state index < -0.39 is 0 Å². The number of fused-ring (bicyclic) bond motifs is 1. The SMILES string of the molecule is COc1cccc(CC2(C(=O)Nc3cnc4ccccc4c3)CCCCC2)c1. The van der Waals surface area contributed by atoms with Gasteiger partial charge in [-0.25, -0.2) is 0 Å². The molecule has 1 aliphatic rings. The lowest BCUT2D eigenvalue weighted by molar-refractivity contribution is -0.127. The molecule has 1 N–H and O–H groups in total. The van der Waals surface area contributed by atoms with E-state index in [0.717, 1.165) is 60.0 Å². The number of nitrogens with one attached hydrogen (secondary N) is 1. The minimum absolute atomic E-state index is 0.104. The molecule has 1 aromatic heterocycles. The molecular weight excluding hydrogens is 348 g/mol. The van der Waals surface area contributed by atoms with Gasteiger partial charge in [0.15, 0.2) is 0 Å². The van der Waals surface area contributed by atoms with Gasteiger partial charge in [0, 0.05) is 5.39 Å². The van der Waals surface area contributed by atoms with E-state index in [1.165, 1.54) is 6.42 Å². The maximum absolute atomic E-state index is 13.4. The quantitative estimate of drug-likeness (QED) is 0.653. The van der Waals surface area contributed by atoms with Crippen molar-refractivity contribution in [3.05, 3.63) is 66.4 Å². The second kappa shape index (κ2) is 8.01. The van der Waals surface area contributed by atoms with Gasteiger partial charge in [0.05, 0.1) is 29.9 Å². The molecule has 0 bridgehead atoms. The van der Waals surface area contributed by atoms with E-state index >= 15 is 0 Å². The van der Waals surface area contributed by atoms with Gasteiger partial charge in [0.2, 0.25) is 5.91 Å². The van der Waals surface area contributed by atoms with E-state index in [9.17, 15) is 4.79 Å². The van der Waals surface area contributed by atoms with Crippen LogP contribution >= 0.6 is 0 Å². The van der Waals surface area contributed by atoms with Crippen molar-refractivity contribution in [1.82, 2.24) is 4.98 Å². The molecule has 4 nitrogen and oxygen atoms in total. The van der Waals surface area contributed by atoms with Gasteiger partial charge in [0.25, 0.3) is 0 Å². The number of hydrogen-bond acceptors (Lipinski definition) is 3. The summed E-state index contributed by atoms with van der Waals surface area (Å²) in [4.78, 5) is 17.9. The molecular formula is C24H26N2O2. The second-order valence-corrected chi connectivity index (χ2v) is 7.74. The van der Waals surface area contributed by atoms with Crippen LogP contribution < -0.4 is 10.1 Å². The van der Waals surface area contributed by atoms with Gasteiger partial charge in [-0.1, -0.05) is 49.6 Å². The van der Waals surface area contributed by atoms with Crippen molar-refractivity contribution >= 4 is 22.5 Å². The number of amides is 1. The number of aromatic nitrogens is 1. The molecule has 3 aromatic rings. The zero-order valence-electron chi connectivity index (χ0n) is 16.3. The number of benzene rings is 2. The summed E-state index contributed by atoms with van der Waals surface area (Å²) in [6.45, 7) is 0. The highest BCUT2D eigenvalue weighted by molar-refractivity contribution is 5.97. The summed E-state index contributed by atoms with van der Waals surface area (Å²) in [5.74, 6) is 0.940. The Bertz CT molecular complexity index is 977. The highest BCUT2D eigenvalue weighted by atomic mass is 16.5. The first kappa shape index (κ1) is 18.5. The van der Waals surface area contributed by atoms with E-state index in [1.807, 2.05) is 48.5 Å². The number of pyridine rings is 1. The Kier molecular flexibility index (Phi) is 5.29. The summed E-state index contributed by atoms with van der Waals surface area (Å²) >= 11 is 0. The highest BCUT2D eigenvalue weighted by Crippen LogP contribution is 2.41. The van der Waals surface area contributed by atoms with Crippen LogP contribution in [0.3, 0.4) is 0 Å². The molecule has 0 unspecified atom stereocenters. The van der Waals surface area contributed by atoms with Crippen LogP contribution in [0, 0.1) is 5.41 Å². The van der Waals surface area contributed by atoms with Crippen LogP contribution in [0.1, 0.15) is 37.7 Å². The van der Waals surface area contributed by atoms with Crippen molar-refractivity contribution in [2.75, 3.05) is 12.4 Å². The average Bonchev–Trinajstić information content (AvgIpc) is 2.74. The van der Waals surface area contributed by atoms with Crippen molar-refractivity contribution in [3.8, 4) is 5.75 Å². The van der Waals surface area contributed by atoms with Gasteiger partial charge in [-0.3, -0.25) is 9.78 Å². The normalized spacial score (nSPS) is 15.9. The number of rotatable bonds is 5. The number of methoxy groups -OCH3 is 1. The molecule has 144 valence electrons. The van der Waals surface area contributed by atoms with Gasteiger partial charge in [0.1, 0.15) is 5.75 Å². The summed E-state index contributed by atoms with van der Waals surface area (Å²) in [5, 5.41) is 4.19. The van der Waals surface area contributed by atoms with Crippen LogP contribution in [0.4, 0.5) is 5.69 Å². The molecule has 4 heteroatoms. The third-order valence-electron chi connectivity index (χ3n) is 5.82. The van der Waals surface area contributed by atoms with Crippen molar-refractivity contribution in [3.63, 3.8) is 0 Å². The molecule has 1 aliphatic carbocycles. The number of nitrogens with zero attached hydrogens (tertiary/aromatic N) is 1. The molecule has 0 spiro atoms. The van der Waals surface area contributed by atoms with Crippen LogP contribution in [0.2, 0.25) is 0 Å². The number of para-hydroxylation sites is 1. The van der Waals surface area contributed by atoms with Gasteiger partial charge in [-0.2, -0.15) is 0 Å². The summed E-state index contributed by atoms with van der Waals surface area (Å²) in [6.07, 6.45) is 7.69. The highest BCUT2D eigenvalue weighted by Gasteiger charge is 2.39. The predicted octanol–water partition coefficient (Wildman–Crippen LogP) is 5.38. The Morgan fingerprint density at radius 2 is 1.89 bits per heavy atom. The van der Waals surface area contributed by atoms with Crippen LogP contribution in [0.15, 0.2) is 60.8 Å². The third-order valence-corrected chi connectivity index (χ3v) is 5.82. The first-order valence-electron chi connectivity index (χ1n) is 9.98. The minimum atomic E-state index is -0.379. The lowest BCUT2D eigenvalue weighted by Crippen LogP contribution is -2.40. The summed E-state index contributed by atoms with van der Waals surface area (Å²) in [5.41, 5.74) is 2.47. The van der Waals surface area contributed by atoms with Gasteiger partial charge < -0.3 is 10.1 Å². The Balaban J connectivity index is 1.59. The molecule has 0 aliphatic heterocycles. The Morgan fingerprint density at radius 1 is 1.07 bits per heavy atom. The molecule has 28 heavy (non-hydrogen) atoms. The van der Waals surface area contributed by atoms with Crippen LogP contribution in [0.25, 0.3) is 10.9 Å². The first-order chi connectivity index (χ1) is 13.7. The van der Waals surface area contributed by atoms with Gasteiger partial charge in [-0.15, -0.1) is 0 Å². The fraction of sp³-hybridized carbons (Fsp3) is 0.333. The van der Waals surface area contributed by atoms with E-state index in [-0.39, 0.29) is 11.3 Å². The topological polar surface area (TPSA) is 51.2 Å². The number of carbonyl (C=O) groups is 1. The van der Waals surface area contributed by atoms with Gasteiger partial charge in [-0.05, 0) is 49.1 Å². The van der Waals surface area contributed by atoms with E-state index in [2.05, 4.69) is 16.4 Å². The molecule has 1 fully saturated rings. The van der Waals surface area contributed by atoms with E-state index in [4.69, 9.17) is 4.74 Å². The molecule has 4 rings (SSSR count). The standard InChI is InChI=1S/C24H26N2O2/c1-28-21-10-7-8-18(14-21)16-24(12-5-2-6-13-24)23(27)26-20-15-19-9-3-4-11-22(19)25-17-20/h3-4,7-11,14-15,17H,2,5-6,12-13,16H2,1H3,(H,26,27). The molecule has 1 saturated carbocycles. The Hall–Kier alpha value is -2.88. The van der Waals surface area contributed by atoms with Crippen LogP contribution in [0.5, 0.6) is 5.75 Å². The molecule has 0 saturated heterocycles. The number of ether oxygens (including phenoxy) is 1. The average molecular weight is 374 g/mol. The Morgan fingerprint density at radius 3 is 2.71 bits per heavy atom. The number of hydrogen-bond donors (Lipinski definition) is 1. The lowest BCUT2D eigenvalue weighted by Gasteiger charge is -2.36. The van der Waals surface area contributed by atoms with E-state index in [1.54, 1.807) is 13.3 Å². The maximum atomic E-state index is 13.4. The Labute approximate surface area is 165 Å². The van der Waals surface area contributed by atoms with Crippen molar-refractivity contribution in [2.24, 2.45) is 5.41 Å². The lowest BCUT2D eigenvalue weighted by atomic mass is 9.69. The van der Waals surface area contributed by atoms with Gasteiger partial charge >= 0.3 is 0 Å². The zero-order valence-corrected chi connectivity index (χ0v) is 16.3. The number of carbonyl (C=O) groups excluding carboxylic acids is 1. The second-order valence-electron chi connectivity index (χ2n) is 7.74. The molecule has 2 aromatic carbocycles. The van der Waals surface area contributed by atoms with Crippen molar-refractivity contribution in [1.29, 1.82) is 0 Å². The molecule has 1 amide bonds. The summed E-state index contributed by atoms with van der Waals surface area (Å²) in [7, 11) is 1.68. The van der Waals surface area contributed by atoms with Crippen LogP contribution in [-0.4, -0.2) is 18.0 Å². The molecule has 0 atom stereocenters. The number of anilines is 1. The largest absolute Gasteiger partial charge is 0.497 e. The monoisotopic (exact) mass is 374 g/mol. The van der Waals surface area contributed by atoms with Crippen molar-refractivity contribution in [2.45, 2.75) is 38.5 Å². The fourth-order valence-corrected chi connectivity index (χ4v) is 4.29. The minimum Gasteiger partial charge on any atom is -0.497 e. The third kappa shape index (κ3) is 3.86. The maximum Gasteiger partial charge on any atom is 0.230 e. The smallest absolute Gasteiger partial charge is 0.230 e. The van der Waals surface area contributed by atoms with E-state index in [0.29, 0.717) is 0 Å². The first-order valence-corrected chi connectivity index (χ1v) is 9.98. The summed E-state index contributed by atoms with van der Waals surface area (Å²) < 4.78 is 5.37. The molecule has 1 heterocycles. The summed E-state index contributed by atoms with van der Waals surface area (Å²) in [6, 6.07) is 18.0. The predicted molar refractivity (Wildman–Crippen MR) is 113 cm³/mol. The molecule has 0 radical (unpaired) electrons. The zero-order chi connectivity index (χ0) is 19.4. The van der Waals surface area contributed by atoms with Crippen molar-refractivity contribution < 1.29 is 9.53 Å². The van der Waals surface area contributed by atoms with Crippen LogP contribution in [-0.2, 0) is 11.2 Å². The fourth-order valence-electron chi connectivity index (χ4n) is 4.29.